The normalized spacial score (nSPS) is 19.7. The van der Waals surface area contributed by atoms with Crippen molar-refractivity contribution in [2.45, 2.75) is 32.0 Å². The Hall–Kier alpha value is -1.30. The topological polar surface area (TPSA) is 48.0 Å². The zero-order valence-corrected chi connectivity index (χ0v) is 14.8. The SMILES string of the molecule is COc1ccc(CCC(=O)N2CCC(C3OCCO3)CC2)cc1Cl. The molecule has 0 saturated carbocycles. The first-order valence-corrected chi connectivity index (χ1v) is 8.88. The van der Waals surface area contributed by atoms with E-state index in [4.69, 9.17) is 25.8 Å². The molecular weight excluding hydrogens is 330 g/mol. The first-order valence-electron chi connectivity index (χ1n) is 8.51. The fourth-order valence-electron chi connectivity index (χ4n) is 3.34. The third-order valence-corrected chi connectivity index (χ3v) is 5.06. The predicted molar refractivity (Wildman–Crippen MR) is 91.3 cm³/mol. The number of carbonyl (C=O) groups excluding carboxylic acids is 1. The second-order valence-corrected chi connectivity index (χ2v) is 6.70. The van der Waals surface area contributed by atoms with E-state index < -0.39 is 0 Å². The van der Waals surface area contributed by atoms with Gasteiger partial charge in [-0.15, -0.1) is 0 Å². The van der Waals surface area contributed by atoms with E-state index in [1.54, 1.807) is 7.11 Å². The number of hydrogen-bond donors (Lipinski definition) is 0. The van der Waals surface area contributed by atoms with Gasteiger partial charge >= 0.3 is 0 Å². The molecule has 0 aromatic heterocycles. The van der Waals surface area contributed by atoms with Crippen LogP contribution in [0.2, 0.25) is 5.02 Å². The lowest BCUT2D eigenvalue weighted by molar-refractivity contribution is -0.136. The number of aryl methyl sites for hydroxylation is 1. The molecule has 3 rings (SSSR count). The van der Waals surface area contributed by atoms with Crippen molar-refractivity contribution in [2.75, 3.05) is 33.4 Å². The van der Waals surface area contributed by atoms with E-state index in [2.05, 4.69) is 0 Å². The summed E-state index contributed by atoms with van der Waals surface area (Å²) in [5.74, 6) is 1.27. The van der Waals surface area contributed by atoms with Gasteiger partial charge in [0.1, 0.15) is 5.75 Å². The van der Waals surface area contributed by atoms with Gasteiger partial charge in [-0.25, -0.2) is 0 Å². The molecule has 1 amide bonds. The maximum absolute atomic E-state index is 12.4. The summed E-state index contributed by atoms with van der Waals surface area (Å²) >= 11 is 6.13. The Morgan fingerprint density at radius 3 is 2.62 bits per heavy atom. The van der Waals surface area contributed by atoms with E-state index in [1.165, 1.54) is 0 Å². The van der Waals surface area contributed by atoms with Gasteiger partial charge in [0.05, 0.1) is 25.3 Å². The number of halogens is 1. The van der Waals surface area contributed by atoms with E-state index >= 15 is 0 Å². The number of piperidine rings is 1. The molecule has 1 aromatic rings. The van der Waals surface area contributed by atoms with Crippen LogP contribution in [0.25, 0.3) is 0 Å². The predicted octanol–water partition coefficient (Wildman–Crippen LogP) is 2.89. The minimum absolute atomic E-state index is 0.0660. The lowest BCUT2D eigenvalue weighted by Crippen LogP contribution is -2.41. The fourth-order valence-corrected chi connectivity index (χ4v) is 3.62. The third kappa shape index (κ3) is 4.21. The van der Waals surface area contributed by atoms with Crippen LogP contribution in [0.5, 0.6) is 5.75 Å². The Bertz CT molecular complexity index is 566. The molecule has 132 valence electrons. The number of ether oxygens (including phenoxy) is 3. The van der Waals surface area contributed by atoms with Gasteiger partial charge in [0, 0.05) is 25.4 Å². The third-order valence-electron chi connectivity index (χ3n) is 4.77. The maximum atomic E-state index is 12.4. The van der Waals surface area contributed by atoms with Crippen molar-refractivity contribution in [3.63, 3.8) is 0 Å². The summed E-state index contributed by atoms with van der Waals surface area (Å²) in [6, 6.07) is 5.67. The largest absolute Gasteiger partial charge is 0.495 e. The number of likely N-dealkylation sites (tertiary alicyclic amines) is 1. The highest BCUT2D eigenvalue weighted by Crippen LogP contribution is 2.27. The minimum atomic E-state index is -0.0660. The van der Waals surface area contributed by atoms with Crippen molar-refractivity contribution >= 4 is 17.5 Å². The Morgan fingerprint density at radius 2 is 2.00 bits per heavy atom. The Morgan fingerprint density at radius 1 is 1.29 bits per heavy atom. The number of hydrogen-bond acceptors (Lipinski definition) is 4. The molecular formula is C18H24ClNO4. The van der Waals surface area contributed by atoms with E-state index in [0.717, 1.165) is 31.5 Å². The van der Waals surface area contributed by atoms with Gasteiger partial charge < -0.3 is 19.1 Å². The lowest BCUT2D eigenvalue weighted by atomic mass is 9.95. The standard InChI is InChI=1S/C18H24ClNO4/c1-22-16-4-2-13(12-15(16)19)3-5-17(21)20-8-6-14(7-9-20)18-23-10-11-24-18/h2,4,12,14,18H,3,5-11H2,1H3. The van der Waals surface area contributed by atoms with Gasteiger partial charge in [0.15, 0.2) is 6.29 Å². The fraction of sp³-hybridized carbons (Fsp3) is 0.611. The molecule has 2 heterocycles. The Kier molecular flexibility index (Phi) is 5.98. The molecule has 1 aromatic carbocycles. The molecule has 0 bridgehead atoms. The minimum Gasteiger partial charge on any atom is -0.495 e. The highest BCUT2D eigenvalue weighted by atomic mass is 35.5. The van der Waals surface area contributed by atoms with Crippen LogP contribution in [0, 0.1) is 5.92 Å². The molecule has 2 fully saturated rings. The zero-order chi connectivity index (χ0) is 16.9. The number of methoxy groups -OCH3 is 1. The molecule has 2 aliphatic heterocycles. The average Bonchev–Trinajstić information content (AvgIpc) is 3.14. The number of benzene rings is 1. The molecule has 0 aliphatic carbocycles. The summed E-state index contributed by atoms with van der Waals surface area (Å²) < 4.78 is 16.3. The molecule has 2 aliphatic rings. The van der Waals surface area contributed by atoms with Gasteiger partial charge in [0.25, 0.3) is 0 Å². The Labute approximate surface area is 147 Å². The quantitative estimate of drug-likeness (QED) is 0.816. The number of rotatable bonds is 5. The van der Waals surface area contributed by atoms with Gasteiger partial charge in [0.2, 0.25) is 5.91 Å². The number of nitrogens with zero attached hydrogens (tertiary/aromatic N) is 1. The van der Waals surface area contributed by atoms with Crippen LogP contribution in [-0.2, 0) is 20.7 Å². The van der Waals surface area contributed by atoms with Crippen molar-refractivity contribution < 1.29 is 19.0 Å². The number of carbonyl (C=O) groups is 1. The van der Waals surface area contributed by atoms with E-state index in [0.29, 0.717) is 42.7 Å². The lowest BCUT2D eigenvalue weighted by Gasteiger charge is -2.34. The summed E-state index contributed by atoms with van der Waals surface area (Å²) in [6.45, 7) is 2.95. The molecule has 0 radical (unpaired) electrons. The van der Waals surface area contributed by atoms with Crippen LogP contribution in [0.15, 0.2) is 18.2 Å². The highest BCUT2D eigenvalue weighted by molar-refractivity contribution is 6.32. The second kappa shape index (κ2) is 8.19. The summed E-state index contributed by atoms with van der Waals surface area (Å²) in [4.78, 5) is 14.4. The van der Waals surface area contributed by atoms with Crippen molar-refractivity contribution in [2.24, 2.45) is 5.92 Å². The molecule has 0 atom stereocenters. The van der Waals surface area contributed by atoms with E-state index in [-0.39, 0.29) is 12.2 Å². The summed E-state index contributed by atoms with van der Waals surface area (Å²) in [7, 11) is 1.59. The molecule has 0 N–H and O–H groups in total. The molecule has 6 heteroatoms. The zero-order valence-electron chi connectivity index (χ0n) is 14.0. The first kappa shape index (κ1) is 17.5. The van der Waals surface area contributed by atoms with Crippen molar-refractivity contribution in [1.82, 2.24) is 4.90 Å². The highest BCUT2D eigenvalue weighted by Gasteiger charge is 2.31. The summed E-state index contributed by atoms with van der Waals surface area (Å²) in [5.41, 5.74) is 1.05. The van der Waals surface area contributed by atoms with Crippen LogP contribution in [0.3, 0.4) is 0 Å². The smallest absolute Gasteiger partial charge is 0.222 e. The first-order chi connectivity index (χ1) is 11.7. The molecule has 0 spiro atoms. The molecule has 24 heavy (non-hydrogen) atoms. The van der Waals surface area contributed by atoms with Crippen LogP contribution in [0.4, 0.5) is 0 Å². The van der Waals surface area contributed by atoms with Gasteiger partial charge in [-0.2, -0.15) is 0 Å². The van der Waals surface area contributed by atoms with Crippen LogP contribution < -0.4 is 4.74 Å². The monoisotopic (exact) mass is 353 g/mol. The average molecular weight is 354 g/mol. The molecule has 0 unspecified atom stereocenters. The van der Waals surface area contributed by atoms with Crippen molar-refractivity contribution in [3.05, 3.63) is 28.8 Å². The number of amides is 1. The Balaban J connectivity index is 1.45. The second-order valence-electron chi connectivity index (χ2n) is 6.30. The van der Waals surface area contributed by atoms with Gasteiger partial charge in [-0.1, -0.05) is 17.7 Å². The van der Waals surface area contributed by atoms with E-state index in [1.807, 2.05) is 23.1 Å². The van der Waals surface area contributed by atoms with Gasteiger partial charge in [-0.05, 0) is 37.0 Å². The summed E-state index contributed by atoms with van der Waals surface area (Å²) in [5, 5.41) is 0.583. The van der Waals surface area contributed by atoms with Crippen molar-refractivity contribution in [1.29, 1.82) is 0 Å². The van der Waals surface area contributed by atoms with Crippen LogP contribution >= 0.6 is 11.6 Å². The van der Waals surface area contributed by atoms with Crippen LogP contribution in [0.1, 0.15) is 24.8 Å². The van der Waals surface area contributed by atoms with E-state index in [9.17, 15) is 4.79 Å². The van der Waals surface area contributed by atoms with Crippen molar-refractivity contribution in [3.8, 4) is 5.75 Å². The van der Waals surface area contributed by atoms with Crippen LogP contribution in [-0.4, -0.2) is 50.5 Å². The van der Waals surface area contributed by atoms with Gasteiger partial charge in [-0.3, -0.25) is 4.79 Å². The molecule has 5 nitrogen and oxygen atoms in total. The maximum Gasteiger partial charge on any atom is 0.222 e. The molecule has 2 saturated heterocycles. The summed E-state index contributed by atoms with van der Waals surface area (Å²) in [6.07, 6.45) is 3.03.